The van der Waals surface area contributed by atoms with Gasteiger partial charge in [0.2, 0.25) is 5.82 Å². The number of alkyl halides is 1. The molecule has 0 saturated heterocycles. The van der Waals surface area contributed by atoms with Crippen molar-refractivity contribution in [2.24, 2.45) is 0 Å². The van der Waals surface area contributed by atoms with Gasteiger partial charge in [-0.2, -0.15) is 4.39 Å². The Morgan fingerprint density at radius 3 is 2.83 bits per heavy atom. The topological polar surface area (TPSA) is 73.8 Å². The maximum absolute atomic E-state index is 13.4. The van der Waals surface area contributed by atoms with E-state index in [9.17, 15) is 14.5 Å². The highest BCUT2D eigenvalue weighted by Gasteiger charge is 2.13. The van der Waals surface area contributed by atoms with Crippen molar-refractivity contribution >= 4 is 17.3 Å². The third-order valence-electron chi connectivity index (χ3n) is 2.28. The van der Waals surface area contributed by atoms with Gasteiger partial charge < -0.3 is 0 Å². The first-order valence-corrected chi connectivity index (χ1v) is 5.51. The number of nitro benzene ring substituents is 1. The van der Waals surface area contributed by atoms with E-state index in [4.69, 9.17) is 11.6 Å². The molecule has 2 aromatic rings. The minimum Gasteiger partial charge on any atom is -0.258 e. The van der Waals surface area contributed by atoms with Crippen LogP contribution < -0.4 is 0 Å². The molecule has 0 bridgehead atoms. The molecule has 0 unspecified atom stereocenters. The Kier molecular flexibility index (Phi) is 3.52. The molecule has 0 fully saturated rings. The Morgan fingerprint density at radius 1 is 1.50 bits per heavy atom. The minimum absolute atomic E-state index is 0.245. The first kappa shape index (κ1) is 12.4. The lowest BCUT2D eigenvalue weighted by atomic mass is 10.2. The van der Waals surface area contributed by atoms with Crippen molar-refractivity contribution in [2.75, 3.05) is 0 Å². The van der Waals surface area contributed by atoms with Gasteiger partial charge >= 0.3 is 5.69 Å². The van der Waals surface area contributed by atoms with Gasteiger partial charge in [-0.3, -0.25) is 10.1 Å². The second kappa shape index (κ2) is 5.09. The van der Waals surface area contributed by atoms with E-state index >= 15 is 0 Å². The molecule has 18 heavy (non-hydrogen) atoms. The summed E-state index contributed by atoms with van der Waals surface area (Å²) in [6, 6.07) is 3.72. The van der Waals surface area contributed by atoms with E-state index < -0.39 is 16.4 Å². The summed E-state index contributed by atoms with van der Waals surface area (Å²) in [4.78, 5) is 9.69. The van der Waals surface area contributed by atoms with E-state index in [0.717, 1.165) is 12.1 Å². The number of nitro groups is 1. The molecule has 1 aromatic carbocycles. The lowest BCUT2D eigenvalue weighted by molar-refractivity contribution is -0.387. The third kappa shape index (κ3) is 2.62. The Hall–Kier alpha value is -2.02. The van der Waals surface area contributed by atoms with Crippen LogP contribution in [0.25, 0.3) is 0 Å². The zero-order valence-electron chi connectivity index (χ0n) is 9.08. The zero-order chi connectivity index (χ0) is 13.1. The average molecular weight is 271 g/mol. The van der Waals surface area contributed by atoms with Gasteiger partial charge in [0.1, 0.15) is 0 Å². The van der Waals surface area contributed by atoms with Gasteiger partial charge in [0.05, 0.1) is 29.2 Å². The van der Waals surface area contributed by atoms with E-state index in [1.165, 1.54) is 10.7 Å². The second-order valence-electron chi connectivity index (χ2n) is 3.58. The van der Waals surface area contributed by atoms with Crippen LogP contribution in [0.15, 0.2) is 24.4 Å². The quantitative estimate of drug-likeness (QED) is 0.484. The van der Waals surface area contributed by atoms with E-state index in [1.807, 2.05) is 0 Å². The number of halogens is 2. The van der Waals surface area contributed by atoms with Crippen LogP contribution in [0.4, 0.5) is 10.1 Å². The van der Waals surface area contributed by atoms with Crippen LogP contribution in [0.5, 0.6) is 0 Å². The fourth-order valence-corrected chi connectivity index (χ4v) is 1.58. The summed E-state index contributed by atoms with van der Waals surface area (Å²) in [6.45, 7) is 0.277. The van der Waals surface area contributed by atoms with Gasteiger partial charge in [0.15, 0.2) is 0 Å². The van der Waals surface area contributed by atoms with E-state index in [2.05, 4.69) is 10.3 Å². The molecule has 0 aliphatic rings. The standard InChI is InChI=1S/C10H8ClFN4O2/c11-4-8-6-15(14-13-8)5-7-1-2-10(16(17)18)9(12)3-7/h1-3,6H,4-5H2. The van der Waals surface area contributed by atoms with Gasteiger partial charge in [0, 0.05) is 6.07 Å². The molecule has 8 heteroatoms. The number of hydrogen-bond acceptors (Lipinski definition) is 4. The van der Waals surface area contributed by atoms with E-state index in [0.29, 0.717) is 11.3 Å². The molecule has 0 radical (unpaired) electrons. The molecule has 6 nitrogen and oxygen atoms in total. The fraction of sp³-hybridized carbons (Fsp3) is 0.200. The summed E-state index contributed by atoms with van der Waals surface area (Å²) in [6.07, 6.45) is 1.63. The van der Waals surface area contributed by atoms with Crippen LogP contribution in [0, 0.1) is 15.9 Å². The molecule has 0 aliphatic carbocycles. The summed E-state index contributed by atoms with van der Waals surface area (Å²) in [5.41, 5.74) is 0.627. The number of rotatable bonds is 4. The Balaban J connectivity index is 2.19. The molecule has 0 spiro atoms. The van der Waals surface area contributed by atoms with Crippen LogP contribution in [0.1, 0.15) is 11.3 Å². The maximum Gasteiger partial charge on any atom is 0.304 e. The second-order valence-corrected chi connectivity index (χ2v) is 3.85. The minimum atomic E-state index is -0.866. The highest BCUT2D eigenvalue weighted by molar-refractivity contribution is 6.16. The molecule has 0 amide bonds. The molecule has 0 atom stereocenters. The van der Waals surface area contributed by atoms with Crippen LogP contribution in [-0.4, -0.2) is 19.9 Å². The summed E-state index contributed by atoms with van der Waals surface area (Å²) in [5, 5.41) is 18.0. The van der Waals surface area contributed by atoms with Gasteiger partial charge in [-0.05, 0) is 11.6 Å². The molecule has 1 aromatic heterocycles. The molecule has 2 rings (SSSR count). The Labute approximate surface area is 106 Å². The van der Waals surface area contributed by atoms with Crippen LogP contribution in [0.3, 0.4) is 0 Å². The van der Waals surface area contributed by atoms with Crippen molar-refractivity contribution in [1.82, 2.24) is 15.0 Å². The molecule has 0 aliphatic heterocycles. The summed E-state index contributed by atoms with van der Waals surface area (Å²) < 4.78 is 14.9. The van der Waals surface area contributed by atoms with Crippen molar-refractivity contribution in [2.45, 2.75) is 12.4 Å². The summed E-state index contributed by atoms with van der Waals surface area (Å²) >= 11 is 5.57. The zero-order valence-corrected chi connectivity index (χ0v) is 9.84. The summed E-state index contributed by atoms with van der Waals surface area (Å²) in [5.74, 6) is -0.621. The highest BCUT2D eigenvalue weighted by Crippen LogP contribution is 2.18. The van der Waals surface area contributed by atoms with Crippen molar-refractivity contribution in [3.8, 4) is 0 Å². The number of hydrogen-bond donors (Lipinski definition) is 0. The van der Waals surface area contributed by atoms with Gasteiger partial charge in [-0.15, -0.1) is 16.7 Å². The molecule has 94 valence electrons. The Bertz CT molecular complexity index is 587. The molecular weight excluding hydrogens is 263 g/mol. The largest absolute Gasteiger partial charge is 0.304 e. The van der Waals surface area contributed by atoms with Gasteiger partial charge in [-0.1, -0.05) is 11.3 Å². The van der Waals surface area contributed by atoms with Gasteiger partial charge in [0.25, 0.3) is 0 Å². The normalized spacial score (nSPS) is 10.6. The van der Waals surface area contributed by atoms with E-state index in [-0.39, 0.29) is 12.4 Å². The molecular formula is C10H8ClFN4O2. The highest BCUT2D eigenvalue weighted by atomic mass is 35.5. The predicted molar refractivity (Wildman–Crippen MR) is 61.7 cm³/mol. The average Bonchev–Trinajstić information content (AvgIpc) is 2.76. The number of aromatic nitrogens is 3. The predicted octanol–water partition coefficient (Wildman–Crippen LogP) is 2.11. The first-order valence-electron chi connectivity index (χ1n) is 4.98. The van der Waals surface area contributed by atoms with Gasteiger partial charge in [-0.25, -0.2) is 4.68 Å². The van der Waals surface area contributed by atoms with Crippen molar-refractivity contribution in [1.29, 1.82) is 0 Å². The Morgan fingerprint density at radius 2 is 2.28 bits per heavy atom. The SMILES string of the molecule is O=[N+]([O-])c1ccc(Cn2cc(CCl)nn2)cc1F. The lowest BCUT2D eigenvalue weighted by Crippen LogP contribution is -2.02. The van der Waals surface area contributed by atoms with Crippen LogP contribution >= 0.6 is 11.6 Å². The smallest absolute Gasteiger partial charge is 0.258 e. The maximum atomic E-state index is 13.4. The first-order chi connectivity index (χ1) is 8.60. The fourth-order valence-electron chi connectivity index (χ4n) is 1.46. The molecule has 1 heterocycles. The van der Waals surface area contributed by atoms with Crippen molar-refractivity contribution < 1.29 is 9.31 Å². The van der Waals surface area contributed by atoms with Crippen LogP contribution in [0.2, 0.25) is 0 Å². The van der Waals surface area contributed by atoms with E-state index in [1.54, 1.807) is 6.20 Å². The lowest BCUT2D eigenvalue weighted by Gasteiger charge is -2.01. The molecule has 0 saturated carbocycles. The van der Waals surface area contributed by atoms with Crippen molar-refractivity contribution in [3.05, 3.63) is 51.6 Å². The number of benzene rings is 1. The summed E-state index contributed by atoms with van der Waals surface area (Å²) in [7, 11) is 0. The van der Waals surface area contributed by atoms with Crippen LogP contribution in [-0.2, 0) is 12.4 Å². The number of nitrogens with zero attached hydrogens (tertiary/aromatic N) is 4. The molecule has 0 N–H and O–H groups in total. The third-order valence-corrected chi connectivity index (χ3v) is 2.55. The van der Waals surface area contributed by atoms with Crippen molar-refractivity contribution in [3.63, 3.8) is 0 Å². The monoisotopic (exact) mass is 270 g/mol.